The van der Waals surface area contributed by atoms with Crippen molar-refractivity contribution in [2.75, 3.05) is 11.5 Å². The summed E-state index contributed by atoms with van der Waals surface area (Å²) < 4.78 is 5.02. The molecule has 3 aliphatic rings. The number of fused-ring (bicyclic) bond motifs is 5. The fourth-order valence-electron chi connectivity index (χ4n) is 5.41. The summed E-state index contributed by atoms with van der Waals surface area (Å²) in [5.74, 6) is -4.11. The van der Waals surface area contributed by atoms with Gasteiger partial charge in [-0.2, -0.15) is 0 Å². The maximum Gasteiger partial charge on any atom is 0.338 e. The largest absolute Gasteiger partial charge is 0.452 e. The third kappa shape index (κ3) is 4.12. The maximum absolute atomic E-state index is 13.2. The molecule has 2 saturated carbocycles. The number of benzene rings is 2. The number of ether oxygens (including phenoxy) is 1. The maximum atomic E-state index is 13.2. The van der Waals surface area contributed by atoms with Crippen LogP contribution in [0.3, 0.4) is 0 Å². The number of carbonyl (C=O) groups excluding carboxylic acids is 5. The fraction of sp³-hybridized carbons (Fsp3) is 0.320. The Morgan fingerprint density at radius 3 is 2.11 bits per heavy atom. The summed E-state index contributed by atoms with van der Waals surface area (Å²) in [4.78, 5) is 63.9. The van der Waals surface area contributed by atoms with Gasteiger partial charge in [0.15, 0.2) is 6.61 Å². The standard InChI is InChI=1S/C25H21Cl2N3O6/c26-20-15-10-16(21(20)27)19-18(15)23(33)30(24(19)34)14-8-4-7-13(9-14)25(35)36-11-17(31)28-29-22(32)12-5-2-1-3-6-12/h1-9,15-16,18-21H,10-11H2,(H,28,31)(H,29,32)/t15-,16-,18-,19+,20-,21+/m1/s1. The van der Waals surface area contributed by atoms with E-state index in [1.807, 2.05) is 0 Å². The van der Waals surface area contributed by atoms with Gasteiger partial charge in [0.1, 0.15) is 0 Å². The summed E-state index contributed by atoms with van der Waals surface area (Å²) in [6.07, 6.45) is 0.656. The van der Waals surface area contributed by atoms with Gasteiger partial charge in [0.2, 0.25) is 11.8 Å². The van der Waals surface area contributed by atoms with Gasteiger partial charge in [-0.05, 0) is 48.6 Å². The molecule has 2 bridgehead atoms. The van der Waals surface area contributed by atoms with Crippen molar-refractivity contribution in [1.82, 2.24) is 10.9 Å². The van der Waals surface area contributed by atoms with E-state index in [0.717, 1.165) is 4.90 Å². The minimum absolute atomic E-state index is 0.0553. The molecule has 11 heteroatoms. The smallest absolute Gasteiger partial charge is 0.338 e. The number of anilines is 1. The first-order chi connectivity index (χ1) is 17.3. The van der Waals surface area contributed by atoms with Crippen molar-refractivity contribution in [2.45, 2.75) is 17.2 Å². The molecule has 2 aromatic rings. The third-order valence-corrected chi connectivity index (χ3v) is 8.33. The van der Waals surface area contributed by atoms with Gasteiger partial charge < -0.3 is 4.74 Å². The zero-order valence-corrected chi connectivity index (χ0v) is 20.2. The minimum atomic E-state index is -0.831. The zero-order valence-electron chi connectivity index (χ0n) is 18.7. The van der Waals surface area contributed by atoms with Crippen molar-refractivity contribution in [3.05, 3.63) is 65.7 Å². The molecule has 9 nitrogen and oxygen atoms in total. The van der Waals surface area contributed by atoms with Crippen molar-refractivity contribution in [3.63, 3.8) is 0 Å². The van der Waals surface area contributed by atoms with Crippen LogP contribution in [-0.2, 0) is 19.1 Å². The van der Waals surface area contributed by atoms with Crippen LogP contribution in [0.1, 0.15) is 27.1 Å². The normalized spacial score (nSPS) is 28.1. The predicted octanol–water partition coefficient (Wildman–Crippen LogP) is 2.27. The predicted molar refractivity (Wildman–Crippen MR) is 129 cm³/mol. The molecule has 36 heavy (non-hydrogen) atoms. The van der Waals surface area contributed by atoms with E-state index in [4.69, 9.17) is 27.9 Å². The second-order valence-electron chi connectivity index (χ2n) is 9.01. The molecule has 1 heterocycles. The number of halogens is 2. The first kappa shape index (κ1) is 24.3. The van der Waals surface area contributed by atoms with E-state index in [9.17, 15) is 24.0 Å². The number of rotatable bonds is 5. The number of esters is 1. The summed E-state index contributed by atoms with van der Waals surface area (Å²) in [7, 11) is 0. The van der Waals surface area contributed by atoms with E-state index in [2.05, 4.69) is 10.9 Å². The van der Waals surface area contributed by atoms with Crippen LogP contribution in [0.2, 0.25) is 0 Å². The third-order valence-electron chi connectivity index (χ3n) is 7.01. The summed E-state index contributed by atoms with van der Waals surface area (Å²) in [5.41, 5.74) is 5.03. The van der Waals surface area contributed by atoms with Gasteiger partial charge in [0.05, 0.1) is 33.8 Å². The monoisotopic (exact) mass is 529 g/mol. The van der Waals surface area contributed by atoms with Crippen LogP contribution in [0.15, 0.2) is 54.6 Å². The molecule has 6 atom stereocenters. The summed E-state index contributed by atoms with van der Waals surface area (Å²) in [6.45, 7) is -0.651. The highest BCUT2D eigenvalue weighted by Crippen LogP contribution is 2.59. The van der Waals surface area contributed by atoms with Gasteiger partial charge >= 0.3 is 5.97 Å². The minimum Gasteiger partial charge on any atom is -0.452 e. The molecule has 0 radical (unpaired) electrons. The average Bonchev–Trinajstić information content (AvgIpc) is 3.51. The van der Waals surface area contributed by atoms with Crippen molar-refractivity contribution >= 4 is 58.5 Å². The number of imide groups is 1. The Balaban J connectivity index is 1.20. The van der Waals surface area contributed by atoms with Crippen molar-refractivity contribution < 1.29 is 28.7 Å². The lowest BCUT2D eigenvalue weighted by Gasteiger charge is -2.28. The molecule has 2 N–H and O–H groups in total. The number of hydrogen-bond acceptors (Lipinski definition) is 6. The van der Waals surface area contributed by atoms with E-state index < -0.39 is 36.2 Å². The molecular formula is C25H21Cl2N3O6. The second-order valence-corrected chi connectivity index (χ2v) is 10.0. The fourth-order valence-corrected chi connectivity index (χ4v) is 6.31. The molecule has 3 fully saturated rings. The van der Waals surface area contributed by atoms with Gasteiger partial charge in [0.25, 0.3) is 11.8 Å². The van der Waals surface area contributed by atoms with Crippen LogP contribution in [0.25, 0.3) is 0 Å². The summed E-state index contributed by atoms with van der Waals surface area (Å²) >= 11 is 12.8. The average molecular weight is 530 g/mol. The molecule has 0 aromatic heterocycles. The van der Waals surface area contributed by atoms with Crippen LogP contribution in [0, 0.1) is 23.7 Å². The van der Waals surface area contributed by atoms with Crippen molar-refractivity contribution in [2.24, 2.45) is 23.7 Å². The highest BCUT2D eigenvalue weighted by Gasteiger charge is 2.66. The topological polar surface area (TPSA) is 122 Å². The van der Waals surface area contributed by atoms with Gasteiger partial charge in [-0.25, -0.2) is 4.79 Å². The Hall–Kier alpha value is -3.43. The summed E-state index contributed by atoms with van der Waals surface area (Å²) in [5, 5.41) is -0.723. The quantitative estimate of drug-likeness (QED) is 0.265. The van der Waals surface area contributed by atoms with Gasteiger partial charge in [-0.15, -0.1) is 23.2 Å². The van der Waals surface area contributed by atoms with Crippen LogP contribution >= 0.6 is 23.2 Å². The molecule has 4 amide bonds. The van der Waals surface area contributed by atoms with Gasteiger partial charge in [0, 0.05) is 5.56 Å². The van der Waals surface area contributed by atoms with Crippen molar-refractivity contribution in [3.8, 4) is 0 Å². The Bertz CT molecular complexity index is 1220. The van der Waals surface area contributed by atoms with E-state index >= 15 is 0 Å². The number of amides is 4. The number of hydrogen-bond donors (Lipinski definition) is 2. The van der Waals surface area contributed by atoms with E-state index in [1.54, 1.807) is 36.4 Å². The molecule has 5 rings (SSSR count). The zero-order chi connectivity index (χ0) is 25.6. The Kier molecular flexibility index (Phi) is 6.44. The molecule has 0 unspecified atom stereocenters. The SMILES string of the molecule is O=C(COC(=O)c1cccc(N2C(=O)[C@@H]3[C@H]4C[C@@H]([C@H](Cl)[C@@H]4Cl)[C@@H]3C2=O)c1)NNC(=O)c1ccccc1. The molecule has 2 aliphatic carbocycles. The molecule has 186 valence electrons. The molecule has 0 spiro atoms. The second kappa shape index (κ2) is 9.55. The molecule has 2 aromatic carbocycles. The van der Waals surface area contributed by atoms with E-state index in [1.165, 1.54) is 18.2 Å². The molecule has 1 saturated heterocycles. The van der Waals surface area contributed by atoms with E-state index in [0.29, 0.717) is 12.0 Å². The number of alkyl halides is 2. The first-order valence-electron chi connectivity index (χ1n) is 11.4. The molecule has 1 aliphatic heterocycles. The Labute approximate surface area is 216 Å². The number of nitrogens with one attached hydrogen (secondary N) is 2. The number of carbonyl (C=O) groups is 5. The van der Waals surface area contributed by atoms with Crippen LogP contribution < -0.4 is 15.8 Å². The highest BCUT2D eigenvalue weighted by molar-refractivity contribution is 6.32. The Morgan fingerprint density at radius 2 is 1.47 bits per heavy atom. The molecular weight excluding hydrogens is 509 g/mol. The number of nitrogens with zero attached hydrogens (tertiary/aromatic N) is 1. The van der Waals surface area contributed by atoms with Crippen LogP contribution in [0.5, 0.6) is 0 Å². The van der Waals surface area contributed by atoms with Gasteiger partial charge in [-0.3, -0.25) is 34.9 Å². The highest BCUT2D eigenvalue weighted by atomic mass is 35.5. The lowest BCUT2D eigenvalue weighted by molar-refractivity contribution is -0.125. The first-order valence-corrected chi connectivity index (χ1v) is 12.2. The summed E-state index contributed by atoms with van der Waals surface area (Å²) in [6, 6.07) is 14.1. The van der Waals surface area contributed by atoms with Crippen LogP contribution in [0.4, 0.5) is 5.69 Å². The lowest BCUT2D eigenvalue weighted by Crippen LogP contribution is -2.43. The lowest BCUT2D eigenvalue weighted by atomic mass is 9.80. The van der Waals surface area contributed by atoms with Gasteiger partial charge in [-0.1, -0.05) is 24.3 Å². The van der Waals surface area contributed by atoms with Crippen molar-refractivity contribution in [1.29, 1.82) is 0 Å². The number of hydrazine groups is 1. The van der Waals surface area contributed by atoms with E-state index in [-0.39, 0.29) is 45.7 Å². The van der Waals surface area contributed by atoms with Crippen LogP contribution in [-0.4, -0.2) is 47.0 Å². The Morgan fingerprint density at radius 1 is 0.861 bits per heavy atom.